The third kappa shape index (κ3) is 7.45. The van der Waals surface area contributed by atoms with E-state index in [1.165, 1.54) is 72.8 Å². The zero-order chi connectivity index (χ0) is 47.1. The molecule has 0 bridgehead atoms. The Bertz CT molecular complexity index is 3200. The van der Waals surface area contributed by atoms with Crippen LogP contribution in [0.2, 0.25) is 0 Å². The minimum absolute atomic E-state index is 0.00687. The van der Waals surface area contributed by atoms with Gasteiger partial charge < -0.3 is 0 Å². The molecule has 0 saturated heterocycles. The Labute approximate surface area is 377 Å². The summed E-state index contributed by atoms with van der Waals surface area (Å²) in [6.45, 7) is 0. The second kappa shape index (κ2) is 18.0. The highest BCUT2D eigenvalue weighted by Crippen LogP contribution is 2.60. The quantitative estimate of drug-likeness (QED) is 0.152. The van der Waals surface area contributed by atoms with Gasteiger partial charge in [-0.2, -0.15) is 63.1 Å². The standard InChI is InChI=1S/C54H18N12/c55-19-37-7-1-31(13-43(37)25-61)49(32-2-8-38(20-56)44(14-32)26-62)52-53(50(33-3-9-39(21-57)45(15-33)27-63)34-4-10-40(22-58)46(16-34)28-64)54(52)51(35-5-11-41(23-59)47(17-35)29-65)36-6-12-42(24-60)48(18-36)30-66/h1-18H. The second-order valence-corrected chi connectivity index (χ2v) is 14.2. The molecular formula is C54H18N12. The monoisotopic (exact) mass is 834 g/mol. The molecule has 0 spiro atoms. The molecule has 1 aliphatic rings. The summed E-state index contributed by atoms with van der Waals surface area (Å²) in [6.07, 6.45) is 0. The van der Waals surface area contributed by atoms with Gasteiger partial charge in [-0.15, -0.1) is 0 Å². The maximum atomic E-state index is 10.3. The van der Waals surface area contributed by atoms with Gasteiger partial charge in [-0.1, -0.05) is 36.4 Å². The second-order valence-electron chi connectivity index (χ2n) is 14.2. The van der Waals surface area contributed by atoms with E-state index in [0.717, 1.165) is 0 Å². The molecule has 0 heterocycles. The van der Waals surface area contributed by atoms with Gasteiger partial charge in [-0.3, -0.25) is 0 Å². The van der Waals surface area contributed by atoms with Crippen LogP contribution in [0.1, 0.15) is 100 Å². The molecule has 0 N–H and O–H groups in total. The summed E-state index contributed by atoms with van der Waals surface area (Å²) in [6, 6.07) is 51.9. The van der Waals surface area contributed by atoms with E-state index in [2.05, 4.69) is 36.4 Å². The highest BCUT2D eigenvalue weighted by Gasteiger charge is 2.42. The van der Waals surface area contributed by atoms with E-state index in [-0.39, 0.29) is 66.8 Å². The van der Waals surface area contributed by atoms with E-state index >= 15 is 0 Å². The van der Waals surface area contributed by atoms with Crippen molar-refractivity contribution in [3.8, 4) is 72.8 Å². The summed E-state index contributed by atoms with van der Waals surface area (Å²) in [4.78, 5) is 0. The van der Waals surface area contributed by atoms with Crippen molar-refractivity contribution in [1.82, 2.24) is 0 Å². The van der Waals surface area contributed by atoms with Crippen molar-refractivity contribution >= 4 is 16.7 Å². The van der Waals surface area contributed by atoms with Gasteiger partial charge in [-0.05, 0) is 140 Å². The molecule has 66 heavy (non-hydrogen) atoms. The summed E-state index contributed by atoms with van der Waals surface area (Å²) in [5.74, 6) is 0. The maximum absolute atomic E-state index is 10.3. The number of rotatable bonds is 6. The SMILES string of the molecule is N#Cc1ccc(C(=C2C(=C(c3ccc(C#N)c(C#N)c3)c3ccc(C#N)c(C#N)c3)C2=C(c2ccc(C#N)c(C#N)c2)c2ccc(C#N)c(C#N)c2)c2ccc(C#N)c(C#N)c2)cc1C#N. The van der Waals surface area contributed by atoms with Crippen molar-refractivity contribution in [2.45, 2.75) is 0 Å². The fraction of sp³-hybridized carbons (Fsp3) is 0. The van der Waals surface area contributed by atoms with Gasteiger partial charge in [0.1, 0.15) is 72.8 Å². The molecule has 0 atom stereocenters. The molecule has 6 aromatic carbocycles. The van der Waals surface area contributed by atoms with Gasteiger partial charge in [0.2, 0.25) is 0 Å². The van der Waals surface area contributed by atoms with E-state index in [4.69, 9.17) is 0 Å². The highest BCUT2D eigenvalue weighted by atomic mass is 14.4. The molecular weight excluding hydrogens is 817 g/mol. The van der Waals surface area contributed by atoms with Gasteiger partial charge in [-0.25, -0.2) is 0 Å². The molecule has 6 aromatic rings. The maximum Gasteiger partial charge on any atom is 0.101 e. The molecule has 0 aliphatic heterocycles. The Morgan fingerprint density at radius 3 is 0.455 bits per heavy atom. The minimum Gasteiger partial charge on any atom is -0.192 e. The number of nitrogens with zero attached hydrogens (tertiary/aromatic N) is 12. The topological polar surface area (TPSA) is 285 Å². The summed E-state index contributed by atoms with van der Waals surface area (Å²) < 4.78 is 0. The fourth-order valence-electron chi connectivity index (χ4n) is 7.64. The van der Waals surface area contributed by atoms with Crippen molar-refractivity contribution in [1.29, 1.82) is 63.1 Å². The average Bonchev–Trinajstić information content (AvgIpc) is 4.07. The van der Waals surface area contributed by atoms with Crippen LogP contribution in [0.4, 0.5) is 0 Å². The fourth-order valence-corrected chi connectivity index (χ4v) is 7.64. The zero-order valence-electron chi connectivity index (χ0n) is 33.8. The lowest BCUT2D eigenvalue weighted by atomic mass is 9.90. The number of hydrogen-bond acceptors (Lipinski definition) is 12. The Morgan fingerprint density at radius 1 is 0.197 bits per heavy atom. The first kappa shape index (κ1) is 42.5. The van der Waals surface area contributed by atoms with Crippen molar-refractivity contribution in [2.24, 2.45) is 0 Å². The number of hydrogen-bond donors (Lipinski definition) is 0. The lowest BCUT2D eigenvalue weighted by molar-refractivity contribution is 1.40. The largest absolute Gasteiger partial charge is 0.192 e. The first-order chi connectivity index (χ1) is 32.2. The normalized spacial score (nSPS) is 10.5. The van der Waals surface area contributed by atoms with Crippen LogP contribution in [0, 0.1) is 136 Å². The van der Waals surface area contributed by atoms with Gasteiger partial charge in [0.05, 0.1) is 66.8 Å². The number of nitriles is 12. The molecule has 1 fully saturated rings. The van der Waals surface area contributed by atoms with Gasteiger partial charge in [0.15, 0.2) is 0 Å². The molecule has 0 aromatic heterocycles. The van der Waals surface area contributed by atoms with Gasteiger partial charge >= 0.3 is 0 Å². The summed E-state index contributed by atoms with van der Waals surface area (Å²) >= 11 is 0. The predicted molar refractivity (Wildman–Crippen MR) is 233 cm³/mol. The summed E-state index contributed by atoms with van der Waals surface area (Å²) in [5.41, 5.74) is 4.99. The van der Waals surface area contributed by atoms with Crippen LogP contribution in [0.25, 0.3) is 16.7 Å². The van der Waals surface area contributed by atoms with Gasteiger partial charge in [0.25, 0.3) is 0 Å². The van der Waals surface area contributed by atoms with E-state index in [1.807, 2.05) is 36.4 Å². The van der Waals surface area contributed by atoms with Crippen LogP contribution in [0.15, 0.2) is 126 Å². The minimum atomic E-state index is 0.00687. The molecule has 12 heteroatoms. The van der Waals surface area contributed by atoms with Crippen LogP contribution >= 0.6 is 0 Å². The van der Waals surface area contributed by atoms with Gasteiger partial charge in [0, 0.05) is 0 Å². The molecule has 12 nitrogen and oxygen atoms in total. The van der Waals surface area contributed by atoms with Crippen molar-refractivity contribution < 1.29 is 0 Å². The van der Waals surface area contributed by atoms with E-state index in [9.17, 15) is 63.1 Å². The van der Waals surface area contributed by atoms with Crippen LogP contribution in [-0.2, 0) is 0 Å². The first-order valence-corrected chi connectivity index (χ1v) is 19.1. The zero-order valence-corrected chi connectivity index (χ0v) is 33.8. The Hall–Kier alpha value is -11.6. The molecule has 0 radical (unpaired) electrons. The summed E-state index contributed by atoms with van der Waals surface area (Å²) in [7, 11) is 0. The van der Waals surface area contributed by atoms with Crippen LogP contribution < -0.4 is 0 Å². The number of allylic oxidation sites excluding steroid dienone is 3. The molecule has 294 valence electrons. The molecule has 7 rings (SSSR count). The Morgan fingerprint density at radius 2 is 0.333 bits per heavy atom. The highest BCUT2D eigenvalue weighted by molar-refractivity contribution is 6.13. The average molecular weight is 835 g/mol. The van der Waals surface area contributed by atoms with Crippen molar-refractivity contribution in [3.05, 3.63) is 226 Å². The smallest absolute Gasteiger partial charge is 0.101 e. The third-order valence-corrected chi connectivity index (χ3v) is 10.7. The van der Waals surface area contributed by atoms with Crippen LogP contribution in [0.5, 0.6) is 0 Å². The molecule has 0 unspecified atom stereocenters. The number of benzene rings is 6. The molecule has 0 amide bonds. The van der Waals surface area contributed by atoms with E-state index < -0.39 is 0 Å². The van der Waals surface area contributed by atoms with Crippen molar-refractivity contribution in [3.63, 3.8) is 0 Å². The summed E-state index contributed by atoms with van der Waals surface area (Å²) in [5, 5.41) is 121. The molecule has 1 aliphatic carbocycles. The Balaban J connectivity index is 1.85. The van der Waals surface area contributed by atoms with E-state index in [1.54, 1.807) is 36.4 Å². The molecule has 1 saturated carbocycles. The van der Waals surface area contributed by atoms with Crippen molar-refractivity contribution in [2.75, 3.05) is 0 Å². The lowest BCUT2D eigenvalue weighted by Gasteiger charge is -2.12. The predicted octanol–water partition coefficient (Wildman–Crippen LogP) is 8.97. The van der Waals surface area contributed by atoms with E-state index in [0.29, 0.717) is 66.8 Å². The van der Waals surface area contributed by atoms with Crippen LogP contribution in [0.3, 0.4) is 0 Å². The third-order valence-electron chi connectivity index (χ3n) is 10.7. The van der Waals surface area contributed by atoms with Crippen LogP contribution in [-0.4, -0.2) is 0 Å². The lowest BCUT2D eigenvalue weighted by Crippen LogP contribution is -1.96. The first-order valence-electron chi connectivity index (χ1n) is 19.1. The Kier molecular flexibility index (Phi) is 11.6.